The summed E-state index contributed by atoms with van der Waals surface area (Å²) < 4.78 is 0. The summed E-state index contributed by atoms with van der Waals surface area (Å²) in [4.78, 5) is 12.0. The molecule has 0 bridgehead atoms. The van der Waals surface area contributed by atoms with Gasteiger partial charge >= 0.3 is 0 Å². The van der Waals surface area contributed by atoms with Gasteiger partial charge in [-0.2, -0.15) is 0 Å². The van der Waals surface area contributed by atoms with Gasteiger partial charge in [0.25, 0.3) is 0 Å². The molecular weight excluding hydrogens is 242 g/mol. The monoisotopic (exact) mass is 263 g/mol. The summed E-state index contributed by atoms with van der Waals surface area (Å²) in [7, 11) is 0. The molecular formula is C15H21NO3. The number of carbonyl (C=O) groups excluding carboxylic acids is 1. The number of benzene rings is 1. The van der Waals surface area contributed by atoms with E-state index in [4.69, 9.17) is 0 Å². The first kappa shape index (κ1) is 13.9. The molecule has 0 saturated heterocycles. The van der Waals surface area contributed by atoms with Crippen LogP contribution < -0.4 is 5.32 Å². The van der Waals surface area contributed by atoms with E-state index in [0.29, 0.717) is 5.56 Å². The number of nitrogens with one attached hydrogen (secondary N) is 1. The average molecular weight is 263 g/mol. The predicted molar refractivity (Wildman–Crippen MR) is 72.8 cm³/mol. The Hall–Kier alpha value is -1.55. The van der Waals surface area contributed by atoms with E-state index < -0.39 is 0 Å². The summed E-state index contributed by atoms with van der Waals surface area (Å²) in [5.41, 5.74) is 0.636. The van der Waals surface area contributed by atoms with Gasteiger partial charge in [-0.15, -0.1) is 0 Å². The number of para-hydroxylation sites is 1. The van der Waals surface area contributed by atoms with Crippen LogP contribution >= 0.6 is 0 Å². The van der Waals surface area contributed by atoms with Crippen molar-refractivity contribution in [1.82, 2.24) is 5.32 Å². The van der Waals surface area contributed by atoms with Crippen LogP contribution in [0.5, 0.6) is 5.75 Å². The van der Waals surface area contributed by atoms with Crippen molar-refractivity contribution in [1.29, 1.82) is 0 Å². The minimum Gasteiger partial charge on any atom is -0.508 e. The molecule has 0 heterocycles. The standard InChI is InChI=1S/C15H21NO3/c17-10-12-6-1-3-7-13(12)16-15(19)9-11-5-2-4-8-14(11)18/h2,4-5,8,12-13,17-18H,1,3,6-7,9-10H2,(H,16,19). The Labute approximate surface area is 113 Å². The van der Waals surface area contributed by atoms with Gasteiger partial charge in [-0.05, 0) is 18.9 Å². The number of phenols is 1. The van der Waals surface area contributed by atoms with Crippen LogP contribution in [0.4, 0.5) is 0 Å². The van der Waals surface area contributed by atoms with Crippen LogP contribution in [0.3, 0.4) is 0 Å². The topological polar surface area (TPSA) is 69.6 Å². The van der Waals surface area contributed by atoms with Gasteiger partial charge in [-0.3, -0.25) is 4.79 Å². The van der Waals surface area contributed by atoms with Crippen molar-refractivity contribution in [3.63, 3.8) is 0 Å². The van der Waals surface area contributed by atoms with E-state index in [9.17, 15) is 15.0 Å². The van der Waals surface area contributed by atoms with E-state index in [-0.39, 0.29) is 36.6 Å². The van der Waals surface area contributed by atoms with E-state index in [2.05, 4.69) is 5.32 Å². The third kappa shape index (κ3) is 3.70. The van der Waals surface area contributed by atoms with Gasteiger partial charge in [0, 0.05) is 24.1 Å². The minimum atomic E-state index is -0.0909. The highest BCUT2D eigenvalue weighted by Crippen LogP contribution is 2.24. The Morgan fingerprint density at radius 3 is 2.74 bits per heavy atom. The number of carbonyl (C=O) groups is 1. The van der Waals surface area contributed by atoms with Gasteiger partial charge in [0.2, 0.25) is 5.91 Å². The normalized spacial score (nSPS) is 23.0. The number of rotatable bonds is 4. The number of amides is 1. The second-order valence-electron chi connectivity index (χ2n) is 5.21. The fourth-order valence-electron chi connectivity index (χ4n) is 2.71. The molecule has 1 fully saturated rings. The number of aliphatic hydroxyl groups excluding tert-OH is 1. The summed E-state index contributed by atoms with van der Waals surface area (Å²) in [5, 5.41) is 21.9. The fourth-order valence-corrected chi connectivity index (χ4v) is 2.71. The molecule has 2 unspecified atom stereocenters. The van der Waals surface area contributed by atoms with E-state index in [1.165, 1.54) is 0 Å². The maximum absolute atomic E-state index is 12.0. The third-order valence-electron chi connectivity index (χ3n) is 3.83. The van der Waals surface area contributed by atoms with Crippen LogP contribution in [0, 0.1) is 5.92 Å². The molecule has 0 spiro atoms. The molecule has 1 aliphatic rings. The SMILES string of the molecule is O=C(Cc1ccccc1O)NC1CCCCC1CO. The zero-order valence-electron chi connectivity index (χ0n) is 11.0. The van der Waals surface area contributed by atoms with Crippen LogP contribution in [0.2, 0.25) is 0 Å². The molecule has 4 nitrogen and oxygen atoms in total. The lowest BCUT2D eigenvalue weighted by Crippen LogP contribution is -2.44. The third-order valence-corrected chi connectivity index (χ3v) is 3.83. The summed E-state index contributed by atoms with van der Waals surface area (Å²) in [6.07, 6.45) is 4.30. The van der Waals surface area contributed by atoms with Crippen LogP contribution in [-0.2, 0) is 11.2 Å². The van der Waals surface area contributed by atoms with Crippen molar-refractivity contribution < 1.29 is 15.0 Å². The molecule has 1 amide bonds. The van der Waals surface area contributed by atoms with Gasteiger partial charge in [0.1, 0.15) is 5.75 Å². The highest BCUT2D eigenvalue weighted by Gasteiger charge is 2.25. The van der Waals surface area contributed by atoms with Gasteiger partial charge < -0.3 is 15.5 Å². The number of phenolic OH excluding ortho intramolecular Hbond substituents is 1. The molecule has 1 saturated carbocycles. The Bertz CT molecular complexity index is 433. The number of aliphatic hydroxyl groups is 1. The molecule has 2 rings (SSSR count). The average Bonchev–Trinajstić information content (AvgIpc) is 2.42. The second kappa shape index (κ2) is 6.57. The first-order valence-corrected chi connectivity index (χ1v) is 6.88. The molecule has 0 aliphatic heterocycles. The largest absolute Gasteiger partial charge is 0.508 e. The van der Waals surface area contributed by atoms with Crippen LogP contribution in [0.15, 0.2) is 24.3 Å². The summed E-state index contributed by atoms with van der Waals surface area (Å²) in [5.74, 6) is 0.230. The number of aromatic hydroxyl groups is 1. The lowest BCUT2D eigenvalue weighted by atomic mass is 9.85. The molecule has 1 aliphatic carbocycles. The van der Waals surface area contributed by atoms with Gasteiger partial charge in [0.05, 0.1) is 6.42 Å². The van der Waals surface area contributed by atoms with E-state index >= 15 is 0 Å². The van der Waals surface area contributed by atoms with Crippen molar-refractivity contribution in [3.8, 4) is 5.75 Å². The van der Waals surface area contributed by atoms with Crippen molar-refractivity contribution in [2.75, 3.05) is 6.61 Å². The summed E-state index contributed by atoms with van der Waals surface area (Å²) in [6.45, 7) is 0.127. The fraction of sp³-hybridized carbons (Fsp3) is 0.533. The van der Waals surface area contributed by atoms with Gasteiger partial charge in [-0.1, -0.05) is 31.0 Å². The molecule has 3 N–H and O–H groups in total. The second-order valence-corrected chi connectivity index (χ2v) is 5.21. The predicted octanol–water partition coefficient (Wildman–Crippen LogP) is 1.60. The molecule has 19 heavy (non-hydrogen) atoms. The summed E-state index contributed by atoms with van der Waals surface area (Å²) in [6, 6.07) is 6.94. The van der Waals surface area contributed by atoms with Crippen molar-refractivity contribution in [3.05, 3.63) is 29.8 Å². The summed E-state index contributed by atoms with van der Waals surface area (Å²) >= 11 is 0. The lowest BCUT2D eigenvalue weighted by Gasteiger charge is -2.30. The Kier molecular flexibility index (Phi) is 4.80. The lowest BCUT2D eigenvalue weighted by molar-refractivity contribution is -0.121. The molecule has 104 valence electrons. The quantitative estimate of drug-likeness (QED) is 0.773. The minimum absolute atomic E-state index is 0.0668. The van der Waals surface area contributed by atoms with Gasteiger partial charge in [-0.25, -0.2) is 0 Å². The molecule has 1 aromatic carbocycles. The Morgan fingerprint density at radius 2 is 2.00 bits per heavy atom. The highest BCUT2D eigenvalue weighted by atomic mass is 16.3. The molecule has 0 aromatic heterocycles. The van der Waals surface area contributed by atoms with Crippen molar-refractivity contribution in [2.45, 2.75) is 38.1 Å². The van der Waals surface area contributed by atoms with Gasteiger partial charge in [0.15, 0.2) is 0 Å². The van der Waals surface area contributed by atoms with Crippen LogP contribution in [0.25, 0.3) is 0 Å². The molecule has 4 heteroatoms. The van der Waals surface area contributed by atoms with E-state index in [1.807, 2.05) is 0 Å². The molecule has 1 aromatic rings. The Morgan fingerprint density at radius 1 is 1.26 bits per heavy atom. The number of hydrogen-bond donors (Lipinski definition) is 3. The van der Waals surface area contributed by atoms with Crippen LogP contribution in [-0.4, -0.2) is 28.8 Å². The van der Waals surface area contributed by atoms with Crippen LogP contribution in [0.1, 0.15) is 31.2 Å². The van der Waals surface area contributed by atoms with Crippen molar-refractivity contribution >= 4 is 5.91 Å². The van der Waals surface area contributed by atoms with E-state index in [1.54, 1.807) is 24.3 Å². The van der Waals surface area contributed by atoms with Crippen molar-refractivity contribution in [2.24, 2.45) is 5.92 Å². The smallest absolute Gasteiger partial charge is 0.224 e. The zero-order chi connectivity index (χ0) is 13.7. The number of hydrogen-bond acceptors (Lipinski definition) is 3. The highest BCUT2D eigenvalue weighted by molar-refractivity contribution is 5.79. The maximum atomic E-state index is 12.0. The molecule has 0 radical (unpaired) electrons. The van der Waals surface area contributed by atoms with E-state index in [0.717, 1.165) is 25.7 Å². The Balaban J connectivity index is 1.92. The molecule has 2 atom stereocenters. The first-order chi connectivity index (χ1) is 9.20. The first-order valence-electron chi connectivity index (χ1n) is 6.88. The maximum Gasteiger partial charge on any atom is 0.224 e. The zero-order valence-corrected chi connectivity index (χ0v) is 11.0.